The fourth-order valence-electron chi connectivity index (χ4n) is 4.05. The number of rotatable bonds is 6. The van der Waals surface area contributed by atoms with E-state index < -0.39 is 4.08 Å². The zero-order chi connectivity index (χ0) is 18.6. The number of nitrogens with zero attached hydrogens (tertiary/aromatic N) is 1. The topological polar surface area (TPSA) is 29.5 Å². The Labute approximate surface area is 165 Å². The Bertz CT molecular complexity index is 653. The Morgan fingerprint density at radius 2 is 1.73 bits per heavy atom. The molecular weight excluding hydrogens is 362 g/mol. The molecule has 3 nitrogen and oxygen atoms in total. The third-order valence-corrected chi connectivity index (χ3v) is 8.09. The third kappa shape index (κ3) is 3.65. The second-order valence-corrected chi connectivity index (χ2v) is 10.1. The highest BCUT2D eigenvalue weighted by Gasteiger charge is 2.55. The first kappa shape index (κ1) is 19.7. The maximum atomic E-state index is 13.3. The van der Waals surface area contributed by atoms with Gasteiger partial charge < -0.3 is 9.64 Å². The number of ether oxygens (including phenoxy) is 1. The Balaban J connectivity index is 2.12. The van der Waals surface area contributed by atoms with Crippen LogP contribution in [0.4, 0.5) is 5.69 Å². The number of esters is 1. The van der Waals surface area contributed by atoms with E-state index >= 15 is 0 Å². The molecular formula is C21H29NO2S2. The summed E-state index contributed by atoms with van der Waals surface area (Å²) in [6.45, 7) is 4.26. The van der Waals surface area contributed by atoms with Crippen LogP contribution in [0.15, 0.2) is 41.7 Å². The molecule has 0 bridgehead atoms. The van der Waals surface area contributed by atoms with Gasteiger partial charge in [-0.15, -0.1) is 23.5 Å². The summed E-state index contributed by atoms with van der Waals surface area (Å²) >= 11 is 3.48. The number of para-hydroxylation sites is 1. The van der Waals surface area contributed by atoms with Crippen molar-refractivity contribution in [1.29, 1.82) is 0 Å². The number of hydrogen-bond acceptors (Lipinski definition) is 5. The summed E-state index contributed by atoms with van der Waals surface area (Å²) in [6.07, 6.45) is 5.42. The number of thioether (sulfide) groups is 2. The lowest BCUT2D eigenvalue weighted by Gasteiger charge is -2.47. The highest BCUT2D eigenvalue weighted by atomic mass is 32.2. The van der Waals surface area contributed by atoms with E-state index in [-0.39, 0.29) is 12.0 Å². The van der Waals surface area contributed by atoms with Gasteiger partial charge in [0.15, 0.2) is 4.08 Å². The molecule has 0 saturated carbocycles. The largest absolute Gasteiger partial charge is 0.429 e. The summed E-state index contributed by atoms with van der Waals surface area (Å²) in [5.41, 5.74) is 2.50. The minimum atomic E-state index is -0.600. The molecule has 0 N–H and O–H groups in total. The highest BCUT2D eigenvalue weighted by Crippen LogP contribution is 2.51. The minimum Gasteiger partial charge on any atom is -0.429 e. The van der Waals surface area contributed by atoms with E-state index in [0.29, 0.717) is 0 Å². The number of carbonyl (C=O) groups is 1. The summed E-state index contributed by atoms with van der Waals surface area (Å²) in [7, 11) is 2.13. The first-order valence-electron chi connectivity index (χ1n) is 9.64. The molecule has 1 heterocycles. The van der Waals surface area contributed by atoms with Gasteiger partial charge in [-0.3, -0.25) is 0 Å². The molecule has 26 heavy (non-hydrogen) atoms. The van der Waals surface area contributed by atoms with E-state index in [4.69, 9.17) is 4.74 Å². The molecule has 0 radical (unpaired) electrons. The summed E-state index contributed by atoms with van der Waals surface area (Å²) in [4.78, 5) is 15.6. The first-order chi connectivity index (χ1) is 12.6. The van der Waals surface area contributed by atoms with E-state index in [9.17, 15) is 4.79 Å². The lowest BCUT2D eigenvalue weighted by molar-refractivity contribution is -0.141. The van der Waals surface area contributed by atoms with Gasteiger partial charge in [0.05, 0.1) is 6.04 Å². The van der Waals surface area contributed by atoms with Crippen molar-refractivity contribution in [3.63, 3.8) is 0 Å². The maximum absolute atomic E-state index is 13.3. The van der Waals surface area contributed by atoms with Crippen LogP contribution in [0.1, 0.15) is 46.0 Å². The fraction of sp³-hybridized carbons (Fsp3) is 0.571. The molecule has 142 valence electrons. The molecule has 0 spiro atoms. The van der Waals surface area contributed by atoms with Crippen molar-refractivity contribution in [1.82, 2.24) is 0 Å². The zero-order valence-corrected chi connectivity index (χ0v) is 17.6. The molecule has 0 fully saturated rings. The molecule has 0 saturated heterocycles. The molecule has 2 aliphatic rings. The molecule has 1 aromatic rings. The zero-order valence-electron chi connectivity index (χ0n) is 16.0. The van der Waals surface area contributed by atoms with E-state index in [1.807, 2.05) is 6.07 Å². The predicted octanol–water partition coefficient (Wildman–Crippen LogP) is 5.47. The second kappa shape index (κ2) is 8.75. The Morgan fingerprint density at radius 3 is 2.38 bits per heavy atom. The third-order valence-electron chi connectivity index (χ3n) is 5.17. The summed E-state index contributed by atoms with van der Waals surface area (Å²) in [5.74, 6) is 2.67. The van der Waals surface area contributed by atoms with Crippen LogP contribution >= 0.6 is 23.5 Å². The molecule has 1 aromatic carbocycles. The van der Waals surface area contributed by atoms with Gasteiger partial charge in [-0.05, 0) is 48.5 Å². The molecule has 1 aliphatic heterocycles. The normalized spacial score (nSPS) is 22.4. The Morgan fingerprint density at radius 1 is 1.08 bits per heavy atom. The number of allylic oxidation sites excluding steroid dienone is 1. The van der Waals surface area contributed by atoms with Gasteiger partial charge in [0.1, 0.15) is 5.76 Å². The van der Waals surface area contributed by atoms with Gasteiger partial charge in [-0.25, -0.2) is 4.79 Å². The number of benzene rings is 1. The summed E-state index contributed by atoms with van der Waals surface area (Å²) in [5, 5.41) is 0. The first-order valence-corrected chi connectivity index (χ1v) is 11.6. The molecule has 3 rings (SSSR count). The van der Waals surface area contributed by atoms with Gasteiger partial charge in [-0.1, -0.05) is 38.5 Å². The lowest BCUT2D eigenvalue weighted by Crippen LogP contribution is -2.57. The highest BCUT2D eigenvalue weighted by molar-refractivity contribution is 8.19. The molecule has 0 amide bonds. The van der Waals surface area contributed by atoms with Gasteiger partial charge in [0.25, 0.3) is 0 Å². The van der Waals surface area contributed by atoms with E-state index in [0.717, 1.165) is 42.2 Å². The van der Waals surface area contributed by atoms with Crippen molar-refractivity contribution in [2.75, 3.05) is 23.5 Å². The van der Waals surface area contributed by atoms with Gasteiger partial charge in [-0.2, -0.15) is 0 Å². The SMILES string of the molecule is CCSC1(SCC)C(=O)OC2=C(CCCCC2)[C@H]1N(C)c1ccccc1. The number of anilines is 1. The van der Waals surface area contributed by atoms with Crippen molar-refractivity contribution in [2.24, 2.45) is 0 Å². The average molecular weight is 392 g/mol. The van der Waals surface area contributed by atoms with Crippen LogP contribution < -0.4 is 4.90 Å². The van der Waals surface area contributed by atoms with Crippen molar-refractivity contribution in [2.45, 2.75) is 56.1 Å². The van der Waals surface area contributed by atoms with Crippen LogP contribution in [0, 0.1) is 0 Å². The van der Waals surface area contributed by atoms with Crippen LogP contribution in [-0.4, -0.2) is 34.6 Å². The summed E-state index contributed by atoms with van der Waals surface area (Å²) in [6, 6.07) is 10.5. The van der Waals surface area contributed by atoms with E-state index in [1.54, 1.807) is 23.5 Å². The Hall–Kier alpha value is -1.07. The van der Waals surface area contributed by atoms with Crippen molar-refractivity contribution < 1.29 is 9.53 Å². The number of likely N-dealkylation sites (N-methyl/N-ethyl adjacent to an activating group) is 1. The molecule has 1 atom stereocenters. The second-order valence-electron chi connectivity index (χ2n) is 6.78. The Kier molecular flexibility index (Phi) is 6.62. The predicted molar refractivity (Wildman–Crippen MR) is 114 cm³/mol. The van der Waals surface area contributed by atoms with Crippen LogP contribution in [0.5, 0.6) is 0 Å². The fourth-order valence-corrected chi connectivity index (χ4v) is 7.19. The van der Waals surface area contributed by atoms with Gasteiger partial charge in [0.2, 0.25) is 0 Å². The van der Waals surface area contributed by atoms with Crippen LogP contribution in [0.3, 0.4) is 0 Å². The smallest absolute Gasteiger partial charge is 0.340 e. The lowest BCUT2D eigenvalue weighted by atomic mass is 9.93. The van der Waals surface area contributed by atoms with Crippen LogP contribution in [0.25, 0.3) is 0 Å². The number of carbonyl (C=O) groups excluding carboxylic acids is 1. The van der Waals surface area contributed by atoms with Crippen LogP contribution in [0.2, 0.25) is 0 Å². The quantitative estimate of drug-likeness (QED) is 0.474. The van der Waals surface area contributed by atoms with Crippen LogP contribution in [-0.2, 0) is 9.53 Å². The van der Waals surface area contributed by atoms with Gasteiger partial charge >= 0.3 is 5.97 Å². The maximum Gasteiger partial charge on any atom is 0.340 e. The molecule has 0 aromatic heterocycles. The monoisotopic (exact) mass is 391 g/mol. The minimum absolute atomic E-state index is 0.0362. The molecule has 0 unspecified atom stereocenters. The molecule has 1 aliphatic carbocycles. The molecule has 5 heteroatoms. The average Bonchev–Trinajstić information content (AvgIpc) is 2.88. The van der Waals surface area contributed by atoms with Gasteiger partial charge in [0, 0.05) is 19.2 Å². The van der Waals surface area contributed by atoms with E-state index in [1.165, 1.54) is 18.4 Å². The van der Waals surface area contributed by atoms with E-state index in [2.05, 4.69) is 50.1 Å². The van der Waals surface area contributed by atoms with Crippen molar-refractivity contribution in [3.8, 4) is 0 Å². The number of hydrogen-bond donors (Lipinski definition) is 0. The van der Waals surface area contributed by atoms with Crippen molar-refractivity contribution >= 4 is 35.2 Å². The standard InChI is InChI=1S/C21H29NO2S2/c1-4-25-21(26-5-2)19(22(3)16-12-8-6-9-13-16)17-14-10-7-11-15-18(17)24-20(21)23/h6,8-9,12-13,19H,4-5,7,10-11,14-15H2,1-3H3/t19-/m1/s1. The van der Waals surface area contributed by atoms with Crippen molar-refractivity contribution in [3.05, 3.63) is 41.7 Å². The summed E-state index contributed by atoms with van der Waals surface area (Å²) < 4.78 is 5.38.